The van der Waals surface area contributed by atoms with Crippen LogP contribution in [0.5, 0.6) is 5.75 Å². The molecule has 1 heterocycles. The summed E-state index contributed by atoms with van der Waals surface area (Å²) in [4.78, 5) is 17.9. The summed E-state index contributed by atoms with van der Waals surface area (Å²) in [5, 5.41) is 2.35. The van der Waals surface area contributed by atoms with Crippen molar-refractivity contribution in [2.75, 3.05) is 12.8 Å². The first-order valence-corrected chi connectivity index (χ1v) is 4.34. The molecular weight excluding hydrogens is 196 g/mol. The third-order valence-electron chi connectivity index (χ3n) is 1.90. The zero-order valence-corrected chi connectivity index (χ0v) is 8.07. The van der Waals surface area contributed by atoms with Crippen LogP contribution in [0.4, 0.5) is 10.7 Å². The molecule has 1 amide bonds. The molecule has 0 saturated heterocycles. The number of anilines is 1. The van der Waals surface area contributed by atoms with Gasteiger partial charge in [-0.1, -0.05) is 6.07 Å². The van der Waals surface area contributed by atoms with Gasteiger partial charge in [-0.2, -0.15) is 0 Å². The summed E-state index contributed by atoms with van der Waals surface area (Å²) in [6, 6.07) is 5.20. The fourth-order valence-electron chi connectivity index (χ4n) is 1.26. The van der Waals surface area contributed by atoms with E-state index in [1.54, 1.807) is 18.2 Å². The number of carbonyl (C=O) groups excluding carboxylic acids is 1. The fourth-order valence-corrected chi connectivity index (χ4v) is 1.26. The number of hydrogen-bond donors (Lipinski definition) is 3. The summed E-state index contributed by atoms with van der Waals surface area (Å²) in [6.45, 7) is 0. The van der Waals surface area contributed by atoms with Crippen molar-refractivity contribution in [1.82, 2.24) is 15.3 Å². The molecule has 0 aliphatic heterocycles. The van der Waals surface area contributed by atoms with Gasteiger partial charge in [0.15, 0.2) is 11.7 Å². The normalized spacial score (nSPS) is 10.2. The van der Waals surface area contributed by atoms with Crippen molar-refractivity contribution in [3.05, 3.63) is 18.2 Å². The van der Waals surface area contributed by atoms with Crippen molar-refractivity contribution in [2.45, 2.75) is 0 Å². The monoisotopic (exact) mass is 206 g/mol. The highest BCUT2D eigenvalue weighted by atomic mass is 16.6. The van der Waals surface area contributed by atoms with Crippen LogP contribution in [0.3, 0.4) is 0 Å². The number of aromatic amines is 1. The lowest BCUT2D eigenvalue weighted by Crippen LogP contribution is -2.22. The maximum absolute atomic E-state index is 11.0. The van der Waals surface area contributed by atoms with E-state index >= 15 is 0 Å². The lowest BCUT2D eigenvalue weighted by Gasteiger charge is -2.02. The molecule has 78 valence electrons. The first-order chi connectivity index (χ1) is 7.20. The molecule has 4 N–H and O–H groups in total. The number of nitrogen functional groups attached to an aromatic ring is 1. The molecule has 6 heteroatoms. The van der Waals surface area contributed by atoms with Gasteiger partial charge in [0.2, 0.25) is 0 Å². The van der Waals surface area contributed by atoms with Crippen LogP contribution in [-0.4, -0.2) is 23.1 Å². The Balaban J connectivity index is 2.46. The van der Waals surface area contributed by atoms with Crippen molar-refractivity contribution in [2.24, 2.45) is 0 Å². The number of nitrogens with two attached hydrogens (primary N) is 1. The molecule has 1 aromatic carbocycles. The molecule has 0 aliphatic carbocycles. The van der Waals surface area contributed by atoms with E-state index in [1.165, 1.54) is 7.05 Å². The Labute approximate surface area is 85.4 Å². The zero-order chi connectivity index (χ0) is 10.8. The lowest BCUT2D eigenvalue weighted by atomic mass is 10.3. The van der Waals surface area contributed by atoms with Crippen molar-refractivity contribution >= 4 is 23.1 Å². The molecule has 6 nitrogen and oxygen atoms in total. The fraction of sp³-hybridized carbons (Fsp3) is 0.111. The van der Waals surface area contributed by atoms with Crippen LogP contribution < -0.4 is 15.8 Å². The average Bonchev–Trinajstić information content (AvgIpc) is 2.59. The van der Waals surface area contributed by atoms with Gasteiger partial charge in [-0.15, -0.1) is 0 Å². The molecule has 0 saturated carbocycles. The highest BCUT2D eigenvalue weighted by Gasteiger charge is 2.09. The van der Waals surface area contributed by atoms with Crippen LogP contribution in [-0.2, 0) is 0 Å². The van der Waals surface area contributed by atoms with E-state index < -0.39 is 6.09 Å². The Bertz CT molecular complexity index is 506. The third kappa shape index (κ3) is 1.69. The number of imidazole rings is 1. The number of aromatic nitrogens is 2. The van der Waals surface area contributed by atoms with E-state index in [1.807, 2.05) is 0 Å². The second-order valence-corrected chi connectivity index (χ2v) is 2.91. The number of fused-ring (bicyclic) bond motifs is 1. The van der Waals surface area contributed by atoms with Crippen LogP contribution in [0.25, 0.3) is 11.0 Å². The summed E-state index contributed by atoms with van der Waals surface area (Å²) in [7, 11) is 1.49. The Morgan fingerprint density at radius 2 is 2.40 bits per heavy atom. The van der Waals surface area contributed by atoms with Gasteiger partial charge < -0.3 is 20.8 Å². The third-order valence-corrected chi connectivity index (χ3v) is 1.90. The van der Waals surface area contributed by atoms with Gasteiger partial charge in [0.25, 0.3) is 0 Å². The summed E-state index contributed by atoms with van der Waals surface area (Å²) in [6.07, 6.45) is -0.538. The number of para-hydroxylation sites is 1. The Kier molecular flexibility index (Phi) is 2.17. The van der Waals surface area contributed by atoms with E-state index in [-0.39, 0.29) is 5.95 Å². The minimum Gasteiger partial charge on any atom is -0.408 e. The second kappa shape index (κ2) is 3.49. The maximum Gasteiger partial charge on any atom is 0.412 e. The zero-order valence-electron chi connectivity index (χ0n) is 8.07. The highest BCUT2D eigenvalue weighted by molar-refractivity contribution is 5.85. The number of amides is 1. The summed E-state index contributed by atoms with van der Waals surface area (Å²) in [5.74, 6) is 0.665. The Morgan fingerprint density at radius 1 is 1.60 bits per heavy atom. The smallest absolute Gasteiger partial charge is 0.408 e. The van der Waals surface area contributed by atoms with Gasteiger partial charge in [-0.25, -0.2) is 9.78 Å². The first kappa shape index (κ1) is 9.32. The molecule has 0 bridgehead atoms. The van der Waals surface area contributed by atoms with Crippen molar-refractivity contribution in [1.29, 1.82) is 0 Å². The molecule has 1 aromatic heterocycles. The lowest BCUT2D eigenvalue weighted by molar-refractivity contribution is 0.203. The van der Waals surface area contributed by atoms with Crippen LogP contribution in [0.2, 0.25) is 0 Å². The summed E-state index contributed by atoms with van der Waals surface area (Å²) in [5.41, 5.74) is 6.77. The summed E-state index contributed by atoms with van der Waals surface area (Å²) < 4.78 is 5.00. The molecule has 0 unspecified atom stereocenters. The molecule has 0 aliphatic rings. The van der Waals surface area contributed by atoms with Crippen LogP contribution in [0.1, 0.15) is 0 Å². The molecule has 15 heavy (non-hydrogen) atoms. The predicted molar refractivity (Wildman–Crippen MR) is 55.6 cm³/mol. The number of carbonyl (C=O) groups is 1. The van der Waals surface area contributed by atoms with Gasteiger partial charge in [-0.3, -0.25) is 0 Å². The van der Waals surface area contributed by atoms with E-state index in [0.717, 1.165) is 5.52 Å². The minimum absolute atomic E-state index is 0.290. The Morgan fingerprint density at radius 3 is 3.13 bits per heavy atom. The minimum atomic E-state index is -0.538. The largest absolute Gasteiger partial charge is 0.412 e. The van der Waals surface area contributed by atoms with E-state index in [4.69, 9.17) is 10.5 Å². The average molecular weight is 206 g/mol. The number of ether oxygens (including phenoxy) is 1. The van der Waals surface area contributed by atoms with Crippen molar-refractivity contribution < 1.29 is 9.53 Å². The number of nitrogens with one attached hydrogen (secondary N) is 2. The number of nitrogens with zero attached hydrogens (tertiary/aromatic N) is 1. The molecular formula is C9H10N4O2. The van der Waals surface area contributed by atoms with E-state index in [2.05, 4.69) is 15.3 Å². The predicted octanol–water partition coefficient (Wildman–Crippen LogP) is 0.863. The Hall–Kier alpha value is -2.24. The van der Waals surface area contributed by atoms with Gasteiger partial charge in [-0.05, 0) is 12.1 Å². The van der Waals surface area contributed by atoms with Crippen LogP contribution in [0.15, 0.2) is 18.2 Å². The maximum atomic E-state index is 11.0. The van der Waals surface area contributed by atoms with Gasteiger partial charge >= 0.3 is 6.09 Å². The van der Waals surface area contributed by atoms with E-state index in [0.29, 0.717) is 11.3 Å². The van der Waals surface area contributed by atoms with Crippen LogP contribution >= 0.6 is 0 Å². The van der Waals surface area contributed by atoms with Crippen LogP contribution in [0, 0.1) is 0 Å². The highest BCUT2D eigenvalue weighted by Crippen LogP contribution is 2.23. The molecule has 2 aromatic rings. The van der Waals surface area contributed by atoms with Crippen molar-refractivity contribution in [3.8, 4) is 5.75 Å². The second-order valence-electron chi connectivity index (χ2n) is 2.91. The quantitative estimate of drug-likeness (QED) is 0.645. The molecule has 0 fully saturated rings. The number of rotatable bonds is 1. The summed E-state index contributed by atoms with van der Waals surface area (Å²) >= 11 is 0. The molecule has 0 radical (unpaired) electrons. The first-order valence-electron chi connectivity index (χ1n) is 4.34. The topological polar surface area (TPSA) is 93.0 Å². The number of H-pyrrole nitrogens is 1. The van der Waals surface area contributed by atoms with E-state index in [9.17, 15) is 4.79 Å². The van der Waals surface area contributed by atoms with Crippen molar-refractivity contribution in [3.63, 3.8) is 0 Å². The SMILES string of the molecule is CNC(=O)Oc1cccc2[nH]c(N)nc12. The molecule has 0 atom stereocenters. The molecule has 0 spiro atoms. The van der Waals surface area contributed by atoms with Gasteiger partial charge in [0.05, 0.1) is 5.52 Å². The van der Waals surface area contributed by atoms with Gasteiger partial charge in [0, 0.05) is 7.05 Å². The number of benzene rings is 1. The molecule has 2 rings (SSSR count). The standard InChI is InChI=1S/C9H10N4O2/c1-11-9(14)15-6-4-2-3-5-7(6)13-8(10)12-5/h2-4H,1H3,(H,11,14)(H3,10,12,13). The van der Waals surface area contributed by atoms with Gasteiger partial charge in [0.1, 0.15) is 5.52 Å². The number of hydrogen-bond acceptors (Lipinski definition) is 4.